The van der Waals surface area contributed by atoms with E-state index >= 15 is 0 Å². The van der Waals surface area contributed by atoms with Crippen molar-refractivity contribution in [1.29, 1.82) is 0 Å². The summed E-state index contributed by atoms with van der Waals surface area (Å²) in [5.74, 6) is 2.55. The van der Waals surface area contributed by atoms with Crippen molar-refractivity contribution in [3.63, 3.8) is 0 Å². The number of benzene rings is 1. The van der Waals surface area contributed by atoms with E-state index in [4.69, 9.17) is 0 Å². The van der Waals surface area contributed by atoms with Crippen LogP contribution < -0.4 is 5.32 Å². The molecule has 0 amide bonds. The Bertz CT molecular complexity index is 383. The molecule has 100 valence electrons. The normalized spacial score (nSPS) is 24.8. The van der Waals surface area contributed by atoms with Gasteiger partial charge < -0.3 is 5.32 Å². The summed E-state index contributed by atoms with van der Waals surface area (Å²) in [5.41, 5.74) is 3.21. The Balaban J connectivity index is 1.94. The van der Waals surface area contributed by atoms with E-state index in [1.54, 1.807) is 0 Å². The molecule has 2 unspecified atom stereocenters. The molecule has 1 heterocycles. The van der Waals surface area contributed by atoms with Crippen LogP contribution in [0, 0.1) is 12.3 Å². The van der Waals surface area contributed by atoms with Crippen LogP contribution in [0.3, 0.4) is 0 Å². The Hall–Kier alpha value is -0.470. The molecule has 2 rings (SSSR count). The molecule has 0 spiro atoms. The second-order valence-electron chi connectivity index (χ2n) is 6.38. The van der Waals surface area contributed by atoms with Crippen molar-refractivity contribution in [2.75, 3.05) is 11.5 Å². The highest BCUT2D eigenvalue weighted by Crippen LogP contribution is 2.34. The number of aryl methyl sites for hydroxylation is 1. The SMILES string of the molecule is Cc1ccc(C(C)NC2CSCC(C)(C)C2)cc1. The summed E-state index contributed by atoms with van der Waals surface area (Å²) in [5, 5.41) is 3.79. The van der Waals surface area contributed by atoms with E-state index in [2.05, 4.69) is 69.0 Å². The molecule has 0 aromatic heterocycles. The Morgan fingerprint density at radius 3 is 2.56 bits per heavy atom. The van der Waals surface area contributed by atoms with Gasteiger partial charge in [-0.05, 0) is 37.0 Å². The van der Waals surface area contributed by atoms with E-state index in [1.165, 1.54) is 29.1 Å². The van der Waals surface area contributed by atoms with Crippen LogP contribution in [-0.2, 0) is 0 Å². The molecule has 1 N–H and O–H groups in total. The maximum absolute atomic E-state index is 3.79. The Morgan fingerprint density at radius 2 is 1.94 bits per heavy atom. The van der Waals surface area contributed by atoms with E-state index in [-0.39, 0.29) is 0 Å². The van der Waals surface area contributed by atoms with Crippen LogP contribution in [0.4, 0.5) is 0 Å². The van der Waals surface area contributed by atoms with Crippen molar-refractivity contribution in [3.8, 4) is 0 Å². The minimum atomic E-state index is 0.449. The molecule has 1 aliphatic rings. The molecule has 18 heavy (non-hydrogen) atoms. The topological polar surface area (TPSA) is 12.0 Å². The second kappa shape index (κ2) is 5.66. The van der Waals surface area contributed by atoms with Gasteiger partial charge in [-0.1, -0.05) is 43.7 Å². The fraction of sp³-hybridized carbons (Fsp3) is 0.625. The second-order valence-corrected chi connectivity index (χ2v) is 7.41. The number of thioether (sulfide) groups is 1. The predicted molar refractivity (Wildman–Crippen MR) is 82.2 cm³/mol. The summed E-state index contributed by atoms with van der Waals surface area (Å²) < 4.78 is 0. The lowest BCUT2D eigenvalue weighted by Crippen LogP contribution is -2.41. The zero-order valence-corrected chi connectivity index (χ0v) is 12.8. The Labute approximate surface area is 116 Å². The van der Waals surface area contributed by atoms with Crippen LogP contribution in [0.1, 0.15) is 44.4 Å². The molecule has 2 heteroatoms. The Kier molecular flexibility index (Phi) is 4.39. The molecule has 2 atom stereocenters. The van der Waals surface area contributed by atoms with Gasteiger partial charge >= 0.3 is 0 Å². The molecule has 0 bridgehead atoms. The van der Waals surface area contributed by atoms with Crippen LogP contribution in [-0.4, -0.2) is 17.5 Å². The van der Waals surface area contributed by atoms with Gasteiger partial charge in [0.1, 0.15) is 0 Å². The van der Waals surface area contributed by atoms with Gasteiger partial charge in [-0.15, -0.1) is 0 Å². The molecule has 1 aliphatic heterocycles. The third kappa shape index (κ3) is 3.76. The minimum Gasteiger partial charge on any atom is -0.307 e. The summed E-state index contributed by atoms with van der Waals surface area (Å²) in [6.45, 7) is 9.17. The zero-order chi connectivity index (χ0) is 13.2. The summed E-state index contributed by atoms with van der Waals surface area (Å²) >= 11 is 2.09. The van der Waals surface area contributed by atoms with Crippen molar-refractivity contribution in [1.82, 2.24) is 5.32 Å². The van der Waals surface area contributed by atoms with Crippen molar-refractivity contribution < 1.29 is 0 Å². The lowest BCUT2D eigenvalue weighted by Gasteiger charge is -2.36. The molecule has 0 saturated carbocycles. The average molecular weight is 263 g/mol. The summed E-state index contributed by atoms with van der Waals surface area (Å²) in [4.78, 5) is 0. The highest BCUT2D eigenvalue weighted by atomic mass is 32.2. The van der Waals surface area contributed by atoms with E-state index in [1.807, 2.05) is 0 Å². The van der Waals surface area contributed by atoms with Crippen LogP contribution in [0.2, 0.25) is 0 Å². The highest BCUT2D eigenvalue weighted by Gasteiger charge is 2.29. The largest absolute Gasteiger partial charge is 0.307 e. The molecule has 1 aromatic carbocycles. The van der Waals surface area contributed by atoms with Gasteiger partial charge in [-0.25, -0.2) is 0 Å². The lowest BCUT2D eigenvalue weighted by atomic mass is 9.87. The molecule has 0 aliphatic carbocycles. The fourth-order valence-electron chi connectivity index (χ4n) is 2.67. The molecule has 1 saturated heterocycles. The fourth-order valence-corrected chi connectivity index (χ4v) is 3.96. The van der Waals surface area contributed by atoms with Gasteiger partial charge in [-0.3, -0.25) is 0 Å². The number of nitrogens with one attached hydrogen (secondary N) is 1. The van der Waals surface area contributed by atoms with Gasteiger partial charge in [0.05, 0.1) is 0 Å². The van der Waals surface area contributed by atoms with Crippen molar-refractivity contribution in [2.45, 2.75) is 46.2 Å². The van der Waals surface area contributed by atoms with Gasteiger partial charge in [-0.2, -0.15) is 11.8 Å². The smallest absolute Gasteiger partial charge is 0.0294 e. The zero-order valence-electron chi connectivity index (χ0n) is 12.0. The van der Waals surface area contributed by atoms with E-state index < -0.39 is 0 Å². The molecule has 1 fully saturated rings. The quantitative estimate of drug-likeness (QED) is 0.878. The van der Waals surface area contributed by atoms with Crippen LogP contribution in [0.5, 0.6) is 0 Å². The molecule has 0 radical (unpaired) electrons. The van der Waals surface area contributed by atoms with E-state index in [0.717, 1.165) is 0 Å². The molecular formula is C16H25NS. The van der Waals surface area contributed by atoms with Crippen LogP contribution in [0.15, 0.2) is 24.3 Å². The third-order valence-electron chi connectivity index (χ3n) is 3.67. The van der Waals surface area contributed by atoms with Gasteiger partial charge in [0.2, 0.25) is 0 Å². The van der Waals surface area contributed by atoms with Crippen molar-refractivity contribution in [3.05, 3.63) is 35.4 Å². The first-order valence-corrected chi connectivity index (χ1v) is 8.02. The number of hydrogen-bond acceptors (Lipinski definition) is 2. The Morgan fingerprint density at radius 1 is 1.28 bits per heavy atom. The van der Waals surface area contributed by atoms with Crippen LogP contribution in [0.25, 0.3) is 0 Å². The van der Waals surface area contributed by atoms with Crippen molar-refractivity contribution in [2.24, 2.45) is 5.41 Å². The first-order chi connectivity index (χ1) is 8.46. The highest BCUT2D eigenvalue weighted by molar-refractivity contribution is 7.99. The van der Waals surface area contributed by atoms with Gasteiger partial charge in [0.15, 0.2) is 0 Å². The van der Waals surface area contributed by atoms with Gasteiger partial charge in [0.25, 0.3) is 0 Å². The van der Waals surface area contributed by atoms with Crippen LogP contribution >= 0.6 is 11.8 Å². The monoisotopic (exact) mass is 263 g/mol. The van der Waals surface area contributed by atoms with E-state index in [0.29, 0.717) is 17.5 Å². The number of hydrogen-bond donors (Lipinski definition) is 1. The first-order valence-electron chi connectivity index (χ1n) is 6.87. The lowest BCUT2D eigenvalue weighted by molar-refractivity contribution is 0.305. The standard InChI is InChI=1S/C16H25NS/c1-12-5-7-14(8-6-12)13(2)17-15-9-16(3,4)11-18-10-15/h5-8,13,15,17H,9-11H2,1-4H3. The summed E-state index contributed by atoms with van der Waals surface area (Å²) in [7, 11) is 0. The summed E-state index contributed by atoms with van der Waals surface area (Å²) in [6, 6.07) is 9.99. The maximum Gasteiger partial charge on any atom is 0.0294 e. The third-order valence-corrected chi connectivity index (χ3v) is 5.30. The van der Waals surface area contributed by atoms with Crippen molar-refractivity contribution >= 4 is 11.8 Å². The predicted octanol–water partition coefficient (Wildman–Crippen LogP) is 4.18. The molecular weight excluding hydrogens is 238 g/mol. The summed E-state index contributed by atoms with van der Waals surface area (Å²) in [6.07, 6.45) is 1.29. The van der Waals surface area contributed by atoms with Gasteiger partial charge in [0, 0.05) is 17.8 Å². The first kappa shape index (κ1) is 14.0. The number of rotatable bonds is 3. The molecule has 1 nitrogen and oxygen atoms in total. The maximum atomic E-state index is 3.79. The van der Waals surface area contributed by atoms with E-state index in [9.17, 15) is 0 Å². The minimum absolute atomic E-state index is 0.449. The average Bonchev–Trinajstić information content (AvgIpc) is 2.28. The molecule has 1 aromatic rings.